The van der Waals surface area contributed by atoms with E-state index in [1.807, 2.05) is 36.0 Å². The minimum absolute atomic E-state index is 0.438. The van der Waals surface area contributed by atoms with Crippen molar-refractivity contribution in [2.24, 2.45) is 0 Å². The zero-order chi connectivity index (χ0) is 14.1. The lowest BCUT2D eigenvalue weighted by atomic mass is 10.2. The van der Waals surface area contributed by atoms with Gasteiger partial charge in [0.2, 0.25) is 11.7 Å². The molecule has 6 nitrogen and oxygen atoms in total. The summed E-state index contributed by atoms with van der Waals surface area (Å²) in [5.41, 5.74) is 1.95. The number of rotatable bonds is 4. The molecule has 0 amide bonds. The van der Waals surface area contributed by atoms with Crippen molar-refractivity contribution >= 4 is 5.52 Å². The van der Waals surface area contributed by atoms with Gasteiger partial charge in [-0.25, -0.2) is 4.98 Å². The molecule has 3 aromatic rings. The Morgan fingerprint density at radius 2 is 2.20 bits per heavy atom. The van der Waals surface area contributed by atoms with E-state index >= 15 is 0 Å². The SMILES string of the molecule is CC(C)N(C)Cc1nc(-c2ccc3cncn3c2)no1. The smallest absolute Gasteiger partial charge is 0.241 e. The Morgan fingerprint density at radius 3 is 3.00 bits per heavy atom. The molecule has 3 rings (SSSR count). The first-order chi connectivity index (χ1) is 9.63. The fourth-order valence-electron chi connectivity index (χ4n) is 1.88. The number of fused-ring (bicyclic) bond motifs is 1. The van der Waals surface area contributed by atoms with E-state index in [9.17, 15) is 0 Å². The summed E-state index contributed by atoms with van der Waals surface area (Å²) in [7, 11) is 2.03. The average molecular weight is 271 g/mol. The third-order valence-corrected chi connectivity index (χ3v) is 3.40. The van der Waals surface area contributed by atoms with Gasteiger partial charge in [-0.1, -0.05) is 5.16 Å². The maximum atomic E-state index is 5.31. The van der Waals surface area contributed by atoms with Crippen molar-refractivity contribution in [2.45, 2.75) is 26.4 Å². The van der Waals surface area contributed by atoms with Gasteiger partial charge < -0.3 is 8.92 Å². The molecule has 0 aliphatic rings. The number of aromatic nitrogens is 4. The molecule has 0 atom stereocenters. The van der Waals surface area contributed by atoms with Crippen LogP contribution in [0.15, 0.2) is 35.4 Å². The molecular weight excluding hydrogens is 254 g/mol. The van der Waals surface area contributed by atoms with E-state index in [1.54, 1.807) is 6.33 Å². The summed E-state index contributed by atoms with van der Waals surface area (Å²) in [4.78, 5) is 10.7. The molecule has 0 unspecified atom stereocenters. The van der Waals surface area contributed by atoms with Crippen LogP contribution in [-0.4, -0.2) is 37.5 Å². The van der Waals surface area contributed by atoms with Gasteiger partial charge in [0.1, 0.15) is 0 Å². The Hall–Kier alpha value is -2.21. The number of hydrogen-bond donors (Lipinski definition) is 0. The van der Waals surface area contributed by atoms with Crippen LogP contribution in [0.2, 0.25) is 0 Å². The van der Waals surface area contributed by atoms with Crippen LogP contribution in [0.25, 0.3) is 16.9 Å². The minimum atomic E-state index is 0.438. The molecule has 20 heavy (non-hydrogen) atoms. The van der Waals surface area contributed by atoms with Gasteiger partial charge in [-0.2, -0.15) is 4.98 Å². The second kappa shape index (κ2) is 5.05. The second-order valence-corrected chi connectivity index (χ2v) is 5.16. The Labute approximate surface area is 117 Å². The zero-order valence-corrected chi connectivity index (χ0v) is 11.8. The van der Waals surface area contributed by atoms with Crippen molar-refractivity contribution in [1.82, 2.24) is 24.4 Å². The molecule has 0 aliphatic carbocycles. The van der Waals surface area contributed by atoms with Crippen molar-refractivity contribution in [3.8, 4) is 11.4 Å². The van der Waals surface area contributed by atoms with Gasteiger partial charge in [0, 0.05) is 17.8 Å². The molecule has 0 aliphatic heterocycles. The van der Waals surface area contributed by atoms with Gasteiger partial charge in [0.25, 0.3) is 0 Å². The van der Waals surface area contributed by atoms with E-state index in [2.05, 4.69) is 33.9 Å². The van der Waals surface area contributed by atoms with Gasteiger partial charge in [0.05, 0.1) is 24.6 Å². The van der Waals surface area contributed by atoms with Crippen molar-refractivity contribution < 1.29 is 4.52 Å². The van der Waals surface area contributed by atoms with Gasteiger partial charge in [-0.05, 0) is 33.0 Å². The van der Waals surface area contributed by atoms with Gasteiger partial charge >= 0.3 is 0 Å². The Balaban J connectivity index is 1.85. The van der Waals surface area contributed by atoms with E-state index in [-0.39, 0.29) is 0 Å². The summed E-state index contributed by atoms with van der Waals surface area (Å²) in [6.07, 6.45) is 5.51. The largest absolute Gasteiger partial charge is 0.338 e. The molecule has 6 heteroatoms. The number of imidazole rings is 1. The van der Waals surface area contributed by atoms with E-state index < -0.39 is 0 Å². The quantitative estimate of drug-likeness (QED) is 0.728. The summed E-state index contributed by atoms with van der Waals surface area (Å²) in [5, 5.41) is 4.04. The molecule has 104 valence electrons. The van der Waals surface area contributed by atoms with E-state index in [1.165, 1.54) is 0 Å². The van der Waals surface area contributed by atoms with Gasteiger partial charge in [-0.15, -0.1) is 0 Å². The Kier molecular flexibility index (Phi) is 3.23. The number of pyridine rings is 1. The molecule has 0 saturated heterocycles. The fraction of sp³-hybridized carbons (Fsp3) is 0.357. The first kappa shape index (κ1) is 12.8. The van der Waals surface area contributed by atoms with Crippen LogP contribution >= 0.6 is 0 Å². The molecule has 0 fully saturated rings. The average Bonchev–Trinajstić information content (AvgIpc) is 3.05. The van der Waals surface area contributed by atoms with Crippen molar-refractivity contribution in [2.75, 3.05) is 7.05 Å². The summed E-state index contributed by atoms with van der Waals surface area (Å²) >= 11 is 0. The van der Waals surface area contributed by atoms with Crippen molar-refractivity contribution in [1.29, 1.82) is 0 Å². The minimum Gasteiger partial charge on any atom is -0.338 e. The van der Waals surface area contributed by atoms with E-state index in [0.29, 0.717) is 24.3 Å². The third kappa shape index (κ3) is 2.42. The van der Waals surface area contributed by atoms with Crippen molar-refractivity contribution in [3.63, 3.8) is 0 Å². The van der Waals surface area contributed by atoms with Crippen LogP contribution in [0.3, 0.4) is 0 Å². The highest BCUT2D eigenvalue weighted by molar-refractivity contribution is 5.58. The molecule has 0 bridgehead atoms. The predicted molar refractivity (Wildman–Crippen MR) is 75.1 cm³/mol. The fourth-order valence-corrected chi connectivity index (χ4v) is 1.88. The monoisotopic (exact) mass is 271 g/mol. The zero-order valence-electron chi connectivity index (χ0n) is 11.8. The lowest BCUT2D eigenvalue weighted by Gasteiger charge is -2.17. The third-order valence-electron chi connectivity index (χ3n) is 3.40. The molecular formula is C14H17N5O. The molecule has 0 radical (unpaired) electrons. The number of nitrogens with zero attached hydrogens (tertiary/aromatic N) is 5. The van der Waals surface area contributed by atoms with E-state index in [0.717, 1.165) is 11.1 Å². The van der Waals surface area contributed by atoms with Gasteiger partial charge in [0.15, 0.2) is 0 Å². The highest BCUT2D eigenvalue weighted by atomic mass is 16.5. The second-order valence-electron chi connectivity index (χ2n) is 5.16. The topological polar surface area (TPSA) is 59.5 Å². The first-order valence-electron chi connectivity index (χ1n) is 6.58. The molecule has 0 aromatic carbocycles. The molecule has 3 aromatic heterocycles. The van der Waals surface area contributed by atoms with Crippen LogP contribution < -0.4 is 0 Å². The lowest BCUT2D eigenvalue weighted by Crippen LogP contribution is -2.25. The summed E-state index contributed by atoms with van der Waals surface area (Å²) in [6, 6.07) is 4.39. The summed E-state index contributed by atoms with van der Waals surface area (Å²) < 4.78 is 7.24. The molecule has 0 spiro atoms. The maximum absolute atomic E-state index is 5.31. The van der Waals surface area contributed by atoms with Crippen LogP contribution in [-0.2, 0) is 6.54 Å². The normalized spacial score (nSPS) is 11.8. The van der Waals surface area contributed by atoms with Crippen LogP contribution in [0, 0.1) is 0 Å². The van der Waals surface area contributed by atoms with E-state index in [4.69, 9.17) is 4.52 Å². The predicted octanol–water partition coefficient (Wildman–Crippen LogP) is 2.22. The lowest BCUT2D eigenvalue weighted by molar-refractivity contribution is 0.226. The maximum Gasteiger partial charge on any atom is 0.241 e. The van der Waals surface area contributed by atoms with Crippen LogP contribution in [0.5, 0.6) is 0 Å². The Bertz CT molecular complexity index is 715. The summed E-state index contributed by atoms with van der Waals surface area (Å²) in [6.45, 7) is 4.91. The van der Waals surface area contributed by atoms with Crippen molar-refractivity contribution in [3.05, 3.63) is 36.7 Å². The highest BCUT2D eigenvalue weighted by Crippen LogP contribution is 2.17. The summed E-state index contributed by atoms with van der Waals surface area (Å²) in [5.74, 6) is 1.23. The van der Waals surface area contributed by atoms with Gasteiger partial charge in [-0.3, -0.25) is 4.90 Å². The highest BCUT2D eigenvalue weighted by Gasteiger charge is 2.12. The molecule has 3 heterocycles. The van der Waals surface area contributed by atoms with Crippen LogP contribution in [0.1, 0.15) is 19.7 Å². The van der Waals surface area contributed by atoms with Crippen LogP contribution in [0.4, 0.5) is 0 Å². The first-order valence-corrected chi connectivity index (χ1v) is 6.58. The standard InChI is InChI=1S/C14H17N5O/c1-10(2)18(3)8-13-16-14(17-20-13)11-4-5-12-6-15-9-19(12)7-11/h4-7,9-10H,8H2,1-3H3. The number of hydrogen-bond acceptors (Lipinski definition) is 5. The Morgan fingerprint density at radius 1 is 1.35 bits per heavy atom. The molecule has 0 N–H and O–H groups in total. The molecule has 0 saturated carbocycles.